The third-order valence-electron chi connectivity index (χ3n) is 4.19. The lowest BCUT2D eigenvalue weighted by molar-refractivity contribution is -0.124. The summed E-state index contributed by atoms with van der Waals surface area (Å²) in [5.74, 6) is 0.441. The number of nitrogens with two attached hydrogens (primary N) is 1. The fourth-order valence-corrected chi connectivity index (χ4v) is 2.74. The van der Waals surface area contributed by atoms with Gasteiger partial charge in [-0.3, -0.25) is 9.59 Å². The lowest BCUT2D eigenvalue weighted by Crippen LogP contribution is -2.46. The number of rotatable bonds is 8. The van der Waals surface area contributed by atoms with Crippen molar-refractivity contribution < 1.29 is 19.1 Å². The summed E-state index contributed by atoms with van der Waals surface area (Å²) in [7, 11) is 0. The third kappa shape index (κ3) is 7.19. The van der Waals surface area contributed by atoms with E-state index >= 15 is 0 Å². The minimum atomic E-state index is -0.513. The lowest BCUT2D eigenvalue weighted by atomic mass is 9.92. The van der Waals surface area contributed by atoms with Crippen LogP contribution in [0.25, 0.3) is 0 Å². The lowest BCUT2D eigenvalue weighted by Gasteiger charge is -2.26. The number of amides is 2. The van der Waals surface area contributed by atoms with Crippen molar-refractivity contribution in [3.8, 4) is 5.75 Å². The molecule has 26 heavy (non-hydrogen) atoms. The molecule has 8 heteroatoms. The van der Waals surface area contributed by atoms with Gasteiger partial charge in [-0.05, 0) is 43.4 Å². The first kappa shape index (κ1) is 22.2. The van der Waals surface area contributed by atoms with Gasteiger partial charge in [0.15, 0.2) is 6.61 Å². The fraction of sp³-hybridized carbons (Fsp3) is 0.556. The highest BCUT2D eigenvalue weighted by atomic mass is 35.5. The molecule has 1 aliphatic rings. The summed E-state index contributed by atoms with van der Waals surface area (Å²) >= 11 is 0. The predicted octanol–water partition coefficient (Wildman–Crippen LogP) is 0.993. The summed E-state index contributed by atoms with van der Waals surface area (Å²) in [6.07, 6.45) is 1.63. The molecule has 1 aromatic carbocycles. The van der Waals surface area contributed by atoms with E-state index in [1.54, 1.807) is 12.1 Å². The highest BCUT2D eigenvalue weighted by molar-refractivity contribution is 5.85. The van der Waals surface area contributed by atoms with Crippen LogP contribution >= 0.6 is 12.4 Å². The summed E-state index contributed by atoms with van der Waals surface area (Å²) < 4.78 is 10.7. The zero-order valence-electron chi connectivity index (χ0n) is 15.0. The standard InChI is InChI=1S/C18H27N3O4.ClH/c1-2-20-16(22)12-25-15-5-3-4-13(10-15)11-21-18(23)17(19)14-6-8-24-9-7-14;/h3-5,10,14,17H,2,6-9,11-12,19H2,1H3,(H,20,22)(H,21,23);1H. The topological polar surface area (TPSA) is 103 Å². The van der Waals surface area contributed by atoms with Crippen LogP contribution in [0.4, 0.5) is 0 Å². The Hall–Kier alpha value is -1.83. The average molecular weight is 386 g/mol. The van der Waals surface area contributed by atoms with Crippen molar-refractivity contribution >= 4 is 24.2 Å². The molecule has 1 aliphatic heterocycles. The number of halogens is 1. The molecule has 7 nitrogen and oxygen atoms in total. The Labute approximate surface area is 160 Å². The van der Waals surface area contributed by atoms with Gasteiger partial charge in [0.05, 0.1) is 6.04 Å². The quantitative estimate of drug-likeness (QED) is 0.619. The van der Waals surface area contributed by atoms with Crippen LogP contribution in [-0.4, -0.2) is 44.2 Å². The van der Waals surface area contributed by atoms with Gasteiger partial charge >= 0.3 is 0 Å². The van der Waals surface area contributed by atoms with Gasteiger partial charge in [0.25, 0.3) is 5.91 Å². The summed E-state index contributed by atoms with van der Waals surface area (Å²) in [6, 6.07) is 6.78. The molecule has 2 rings (SSSR count). The van der Waals surface area contributed by atoms with E-state index in [2.05, 4.69) is 10.6 Å². The minimum absolute atomic E-state index is 0. The first-order valence-electron chi connectivity index (χ1n) is 8.69. The van der Waals surface area contributed by atoms with E-state index in [0.717, 1.165) is 18.4 Å². The van der Waals surface area contributed by atoms with Crippen molar-refractivity contribution in [3.63, 3.8) is 0 Å². The van der Waals surface area contributed by atoms with Gasteiger partial charge in [0.2, 0.25) is 5.91 Å². The van der Waals surface area contributed by atoms with Crippen LogP contribution in [0, 0.1) is 5.92 Å². The maximum Gasteiger partial charge on any atom is 0.257 e. The normalized spacial score (nSPS) is 15.5. The number of carbonyl (C=O) groups is 2. The van der Waals surface area contributed by atoms with Crippen LogP contribution < -0.4 is 21.1 Å². The summed E-state index contributed by atoms with van der Waals surface area (Å²) in [5.41, 5.74) is 6.95. The van der Waals surface area contributed by atoms with Crippen LogP contribution in [0.5, 0.6) is 5.75 Å². The van der Waals surface area contributed by atoms with Crippen molar-refractivity contribution in [2.24, 2.45) is 11.7 Å². The van der Waals surface area contributed by atoms with Crippen molar-refractivity contribution in [1.82, 2.24) is 10.6 Å². The number of carbonyl (C=O) groups excluding carboxylic acids is 2. The summed E-state index contributed by atoms with van der Waals surface area (Å²) in [6.45, 7) is 4.09. The predicted molar refractivity (Wildman–Crippen MR) is 101 cm³/mol. The van der Waals surface area contributed by atoms with Crippen LogP contribution in [0.2, 0.25) is 0 Å². The molecule has 1 saturated heterocycles. The Kier molecular flexibility index (Phi) is 10.0. The Morgan fingerprint density at radius 3 is 2.73 bits per heavy atom. The van der Waals surface area contributed by atoms with Crippen molar-refractivity contribution in [1.29, 1.82) is 0 Å². The van der Waals surface area contributed by atoms with Gasteiger partial charge in [-0.2, -0.15) is 0 Å². The number of ether oxygens (including phenoxy) is 2. The second-order valence-corrected chi connectivity index (χ2v) is 6.08. The van der Waals surface area contributed by atoms with Crippen LogP contribution in [0.15, 0.2) is 24.3 Å². The molecule has 0 aliphatic carbocycles. The zero-order valence-corrected chi connectivity index (χ0v) is 15.8. The molecular weight excluding hydrogens is 358 g/mol. The van der Waals surface area contributed by atoms with E-state index in [1.165, 1.54) is 0 Å². The summed E-state index contributed by atoms with van der Waals surface area (Å²) in [5, 5.41) is 5.54. The molecule has 0 aromatic heterocycles. The van der Waals surface area contributed by atoms with Crippen LogP contribution in [0.1, 0.15) is 25.3 Å². The van der Waals surface area contributed by atoms with Crippen molar-refractivity contribution in [2.75, 3.05) is 26.4 Å². The van der Waals surface area contributed by atoms with E-state index in [9.17, 15) is 9.59 Å². The second kappa shape index (κ2) is 11.7. The number of likely N-dealkylation sites (N-methyl/N-ethyl adjacent to an activating group) is 1. The summed E-state index contributed by atoms with van der Waals surface area (Å²) in [4.78, 5) is 23.7. The first-order valence-corrected chi connectivity index (χ1v) is 8.69. The van der Waals surface area contributed by atoms with Gasteiger partial charge in [-0.15, -0.1) is 12.4 Å². The molecular formula is C18H28ClN3O4. The van der Waals surface area contributed by atoms with Gasteiger partial charge < -0.3 is 25.8 Å². The Bertz CT molecular complexity index is 579. The SMILES string of the molecule is CCNC(=O)COc1cccc(CNC(=O)C(N)C2CCOCC2)c1.Cl. The molecule has 2 amide bonds. The molecule has 146 valence electrons. The molecule has 1 heterocycles. The third-order valence-corrected chi connectivity index (χ3v) is 4.19. The van der Waals surface area contributed by atoms with Crippen molar-refractivity contribution in [3.05, 3.63) is 29.8 Å². The minimum Gasteiger partial charge on any atom is -0.484 e. The Balaban J connectivity index is 0.00000338. The van der Waals surface area contributed by atoms with Gasteiger partial charge in [-0.1, -0.05) is 12.1 Å². The highest BCUT2D eigenvalue weighted by Crippen LogP contribution is 2.18. The van der Waals surface area contributed by atoms with E-state index in [1.807, 2.05) is 19.1 Å². The molecule has 4 N–H and O–H groups in total. The molecule has 0 saturated carbocycles. The molecule has 1 fully saturated rings. The number of nitrogens with one attached hydrogen (secondary N) is 2. The Morgan fingerprint density at radius 2 is 2.04 bits per heavy atom. The molecule has 0 radical (unpaired) electrons. The van der Waals surface area contributed by atoms with Gasteiger partial charge in [-0.25, -0.2) is 0 Å². The zero-order chi connectivity index (χ0) is 18.1. The average Bonchev–Trinajstić information content (AvgIpc) is 2.65. The first-order chi connectivity index (χ1) is 12.1. The smallest absolute Gasteiger partial charge is 0.257 e. The molecule has 0 bridgehead atoms. The van der Waals surface area contributed by atoms with Crippen LogP contribution in [0.3, 0.4) is 0 Å². The number of hydrogen-bond acceptors (Lipinski definition) is 5. The molecule has 1 unspecified atom stereocenters. The maximum absolute atomic E-state index is 12.2. The van der Waals surface area contributed by atoms with Gasteiger partial charge in [0, 0.05) is 26.3 Å². The van der Waals surface area contributed by atoms with E-state index in [-0.39, 0.29) is 36.7 Å². The molecule has 0 spiro atoms. The largest absolute Gasteiger partial charge is 0.484 e. The van der Waals surface area contributed by atoms with Gasteiger partial charge in [0.1, 0.15) is 5.75 Å². The van der Waals surface area contributed by atoms with E-state index in [0.29, 0.717) is 32.1 Å². The van der Waals surface area contributed by atoms with Crippen molar-refractivity contribution in [2.45, 2.75) is 32.4 Å². The van der Waals surface area contributed by atoms with E-state index in [4.69, 9.17) is 15.2 Å². The van der Waals surface area contributed by atoms with E-state index < -0.39 is 6.04 Å². The highest BCUT2D eigenvalue weighted by Gasteiger charge is 2.26. The number of hydrogen-bond donors (Lipinski definition) is 3. The van der Waals surface area contributed by atoms with Crippen LogP contribution in [-0.2, 0) is 20.9 Å². The maximum atomic E-state index is 12.2. The monoisotopic (exact) mass is 385 g/mol. The fourth-order valence-electron chi connectivity index (χ4n) is 2.74. The Morgan fingerprint density at radius 1 is 1.31 bits per heavy atom. The second-order valence-electron chi connectivity index (χ2n) is 6.08. The molecule has 1 aromatic rings. The molecule has 1 atom stereocenters. The number of benzene rings is 1.